The van der Waals surface area contributed by atoms with Crippen LogP contribution in [0, 0.1) is 0 Å². The molecule has 7 heteroatoms. The second-order valence-electron chi connectivity index (χ2n) is 5.77. The van der Waals surface area contributed by atoms with Gasteiger partial charge in [0.25, 0.3) is 5.91 Å². The van der Waals surface area contributed by atoms with E-state index in [0.29, 0.717) is 17.6 Å². The number of piperidine rings is 1. The summed E-state index contributed by atoms with van der Waals surface area (Å²) in [7, 11) is 3.82. The van der Waals surface area contributed by atoms with Gasteiger partial charge in [0, 0.05) is 32.5 Å². The lowest BCUT2D eigenvalue weighted by molar-refractivity contribution is 0.0669. The van der Waals surface area contributed by atoms with E-state index in [9.17, 15) is 4.79 Å². The molecule has 1 amide bonds. The number of carbonyl (C=O) groups is 1. The summed E-state index contributed by atoms with van der Waals surface area (Å²) in [5.74, 6) is 1.83. The van der Waals surface area contributed by atoms with Crippen molar-refractivity contribution in [3.63, 3.8) is 0 Å². The van der Waals surface area contributed by atoms with E-state index in [0.717, 1.165) is 36.8 Å². The van der Waals surface area contributed by atoms with Crippen LogP contribution in [0.25, 0.3) is 0 Å². The highest BCUT2D eigenvalue weighted by Crippen LogP contribution is 2.23. The number of rotatable bonds is 5. The summed E-state index contributed by atoms with van der Waals surface area (Å²) < 4.78 is 7.69. The molecule has 1 aliphatic rings. The second-order valence-corrected chi connectivity index (χ2v) is 6.72. The molecule has 1 saturated heterocycles. The van der Waals surface area contributed by atoms with Gasteiger partial charge >= 0.3 is 0 Å². The predicted octanol–water partition coefficient (Wildman–Crippen LogP) is 2.13. The van der Waals surface area contributed by atoms with E-state index in [-0.39, 0.29) is 5.91 Å². The smallest absolute Gasteiger partial charge is 0.289 e. The molecule has 0 aromatic carbocycles. The van der Waals surface area contributed by atoms with Crippen molar-refractivity contribution >= 4 is 17.7 Å². The van der Waals surface area contributed by atoms with Crippen LogP contribution in [0.3, 0.4) is 0 Å². The fraction of sp³-hybridized carbons (Fsp3) is 0.500. The van der Waals surface area contributed by atoms with Crippen molar-refractivity contribution in [3.8, 4) is 0 Å². The quantitative estimate of drug-likeness (QED) is 0.849. The highest BCUT2D eigenvalue weighted by Gasteiger charge is 2.24. The van der Waals surface area contributed by atoms with Gasteiger partial charge in [-0.25, -0.2) is 4.98 Å². The number of hydrogen-bond donors (Lipinski definition) is 1. The molecular formula is C16H22N4O2S. The van der Waals surface area contributed by atoms with E-state index in [1.165, 1.54) is 0 Å². The highest BCUT2D eigenvalue weighted by atomic mass is 32.2. The Morgan fingerprint density at radius 1 is 1.48 bits per heavy atom. The van der Waals surface area contributed by atoms with E-state index in [4.69, 9.17) is 4.42 Å². The Kier molecular flexibility index (Phi) is 5.07. The Bertz CT molecular complexity index is 661. The Morgan fingerprint density at radius 2 is 2.26 bits per heavy atom. The largest absolute Gasteiger partial charge is 0.455 e. The number of thioether (sulfide) groups is 1. The third-order valence-electron chi connectivity index (χ3n) is 4.17. The molecule has 3 heterocycles. The zero-order valence-electron chi connectivity index (χ0n) is 13.5. The van der Waals surface area contributed by atoms with Gasteiger partial charge in [0.1, 0.15) is 5.76 Å². The fourth-order valence-electron chi connectivity index (χ4n) is 2.73. The first kappa shape index (κ1) is 16.1. The minimum atomic E-state index is -0.0369. The number of nitrogens with zero attached hydrogens (tertiary/aromatic N) is 3. The van der Waals surface area contributed by atoms with Crippen LogP contribution in [-0.2, 0) is 12.8 Å². The Hall–Kier alpha value is -1.73. The first-order chi connectivity index (χ1) is 11.1. The van der Waals surface area contributed by atoms with Crippen molar-refractivity contribution in [2.24, 2.45) is 7.05 Å². The van der Waals surface area contributed by atoms with E-state index < -0.39 is 0 Å². The monoisotopic (exact) mass is 334 g/mol. The van der Waals surface area contributed by atoms with Gasteiger partial charge in [0.2, 0.25) is 0 Å². The topological polar surface area (TPSA) is 63.3 Å². The number of nitrogens with one attached hydrogen (secondary N) is 1. The number of amides is 1. The standard InChI is InChI=1S/C16H22N4O2S/c1-19-10-9-18-16(19)23-11-13-3-4-14(22-13)15(21)20(2)12-5-7-17-8-6-12/h3-4,9-10,12,17H,5-8,11H2,1-2H3. The first-order valence-electron chi connectivity index (χ1n) is 7.82. The molecule has 1 fully saturated rings. The molecule has 0 spiro atoms. The number of furan rings is 1. The lowest BCUT2D eigenvalue weighted by Crippen LogP contribution is -2.43. The number of hydrogen-bond acceptors (Lipinski definition) is 5. The third-order valence-corrected chi connectivity index (χ3v) is 5.25. The number of aryl methyl sites for hydroxylation is 1. The summed E-state index contributed by atoms with van der Waals surface area (Å²) in [6.07, 6.45) is 5.66. The molecule has 0 radical (unpaired) electrons. The summed E-state index contributed by atoms with van der Waals surface area (Å²) >= 11 is 1.59. The number of imidazole rings is 1. The third kappa shape index (κ3) is 3.79. The van der Waals surface area contributed by atoms with Crippen molar-refractivity contribution in [1.82, 2.24) is 19.8 Å². The Labute approximate surface area is 140 Å². The molecule has 23 heavy (non-hydrogen) atoms. The van der Waals surface area contributed by atoms with Gasteiger partial charge in [-0.1, -0.05) is 11.8 Å². The van der Waals surface area contributed by atoms with Crippen molar-refractivity contribution in [3.05, 3.63) is 36.0 Å². The normalized spacial score (nSPS) is 15.7. The average molecular weight is 334 g/mol. The lowest BCUT2D eigenvalue weighted by atomic mass is 10.1. The molecule has 1 aliphatic heterocycles. The molecule has 0 saturated carbocycles. The minimum Gasteiger partial charge on any atom is -0.455 e. The maximum absolute atomic E-state index is 12.5. The molecule has 2 aromatic rings. The summed E-state index contributed by atoms with van der Waals surface area (Å²) in [4.78, 5) is 18.6. The van der Waals surface area contributed by atoms with Gasteiger partial charge in [-0.2, -0.15) is 0 Å². The molecule has 6 nitrogen and oxygen atoms in total. The van der Waals surface area contributed by atoms with Gasteiger partial charge < -0.3 is 19.2 Å². The zero-order chi connectivity index (χ0) is 16.2. The maximum atomic E-state index is 12.5. The molecule has 124 valence electrons. The average Bonchev–Trinajstić information content (AvgIpc) is 3.21. The minimum absolute atomic E-state index is 0.0369. The van der Waals surface area contributed by atoms with Crippen LogP contribution >= 0.6 is 11.8 Å². The second kappa shape index (κ2) is 7.23. The maximum Gasteiger partial charge on any atom is 0.289 e. The summed E-state index contributed by atoms with van der Waals surface area (Å²) in [6.45, 7) is 1.93. The van der Waals surface area contributed by atoms with Crippen LogP contribution in [0.1, 0.15) is 29.2 Å². The predicted molar refractivity (Wildman–Crippen MR) is 89.5 cm³/mol. The molecule has 0 bridgehead atoms. The Balaban J connectivity index is 1.59. The number of carbonyl (C=O) groups excluding carboxylic acids is 1. The van der Waals surface area contributed by atoms with Crippen molar-refractivity contribution in [2.45, 2.75) is 29.8 Å². The highest BCUT2D eigenvalue weighted by molar-refractivity contribution is 7.98. The molecule has 2 aromatic heterocycles. The summed E-state index contributed by atoms with van der Waals surface area (Å²) in [5.41, 5.74) is 0. The zero-order valence-corrected chi connectivity index (χ0v) is 14.3. The van der Waals surface area contributed by atoms with Crippen molar-refractivity contribution in [2.75, 3.05) is 20.1 Å². The van der Waals surface area contributed by atoms with E-state index in [2.05, 4.69) is 10.3 Å². The summed E-state index contributed by atoms with van der Waals surface area (Å²) in [6, 6.07) is 3.94. The van der Waals surface area contributed by atoms with Gasteiger partial charge in [0.05, 0.1) is 5.75 Å². The van der Waals surface area contributed by atoms with Crippen molar-refractivity contribution in [1.29, 1.82) is 0 Å². The van der Waals surface area contributed by atoms with Crippen LogP contribution in [0.4, 0.5) is 0 Å². The molecule has 0 aliphatic carbocycles. The van der Waals surface area contributed by atoms with E-state index >= 15 is 0 Å². The van der Waals surface area contributed by atoms with Crippen LogP contribution in [0.5, 0.6) is 0 Å². The molecule has 0 unspecified atom stereocenters. The Morgan fingerprint density at radius 3 is 2.96 bits per heavy atom. The SMILES string of the molecule is CN(C(=O)c1ccc(CSc2nccn2C)o1)C1CCNCC1. The number of aromatic nitrogens is 2. The van der Waals surface area contributed by atoms with E-state index in [1.807, 2.05) is 35.8 Å². The van der Waals surface area contributed by atoms with Gasteiger partial charge in [-0.15, -0.1) is 0 Å². The van der Waals surface area contributed by atoms with Gasteiger partial charge in [0.15, 0.2) is 10.9 Å². The summed E-state index contributed by atoms with van der Waals surface area (Å²) in [5, 5.41) is 4.25. The van der Waals surface area contributed by atoms with Crippen LogP contribution < -0.4 is 5.32 Å². The first-order valence-corrected chi connectivity index (χ1v) is 8.80. The van der Waals surface area contributed by atoms with Crippen LogP contribution in [0.15, 0.2) is 34.1 Å². The molecular weight excluding hydrogens is 312 g/mol. The molecule has 3 rings (SSSR count). The van der Waals surface area contributed by atoms with E-state index in [1.54, 1.807) is 24.0 Å². The fourth-order valence-corrected chi connectivity index (χ4v) is 3.56. The molecule has 1 N–H and O–H groups in total. The molecule has 0 atom stereocenters. The van der Waals surface area contributed by atoms with Gasteiger partial charge in [-0.3, -0.25) is 4.79 Å². The van der Waals surface area contributed by atoms with Crippen LogP contribution in [-0.4, -0.2) is 46.5 Å². The van der Waals surface area contributed by atoms with Crippen LogP contribution in [0.2, 0.25) is 0 Å². The van der Waals surface area contributed by atoms with Crippen molar-refractivity contribution < 1.29 is 9.21 Å². The lowest BCUT2D eigenvalue weighted by Gasteiger charge is -2.31. The van der Waals surface area contributed by atoms with Gasteiger partial charge in [-0.05, 0) is 38.1 Å².